The monoisotopic (exact) mass is 228 g/mol. The molecule has 2 nitrogen and oxygen atoms in total. The molecule has 0 amide bonds. The van der Waals surface area contributed by atoms with Crippen LogP contribution >= 0.6 is 0 Å². The van der Waals surface area contributed by atoms with Gasteiger partial charge in [0.15, 0.2) is 6.61 Å². The van der Waals surface area contributed by atoms with Crippen molar-refractivity contribution in [2.75, 3.05) is 6.61 Å². The average molecular weight is 228 g/mol. The molecule has 1 heterocycles. The van der Waals surface area contributed by atoms with Crippen molar-refractivity contribution in [3.05, 3.63) is 53.8 Å². The Labute approximate surface area is 97.7 Å². The fraction of sp³-hybridized carbons (Fsp3) is 0.0714. The number of Topliss-reactive ketones (excluding diaryl/α,β-unsaturated/α-hetero) is 1. The van der Waals surface area contributed by atoms with Crippen LogP contribution in [0.15, 0.2) is 42.5 Å². The van der Waals surface area contributed by atoms with Crippen LogP contribution in [0.1, 0.15) is 10.4 Å². The smallest absolute Gasteiger partial charge is 0.200 e. The van der Waals surface area contributed by atoms with Gasteiger partial charge in [-0.3, -0.25) is 4.79 Å². The minimum Gasteiger partial charge on any atom is -0.485 e. The molecule has 84 valence electrons. The summed E-state index contributed by atoms with van der Waals surface area (Å²) in [5.41, 5.74) is 1.94. The molecule has 0 saturated carbocycles. The normalized spacial score (nSPS) is 13.4. The molecule has 2 aromatic rings. The number of carbonyl (C=O) groups excluding carboxylic acids is 1. The largest absolute Gasteiger partial charge is 0.485 e. The van der Waals surface area contributed by atoms with Crippen molar-refractivity contribution in [1.82, 2.24) is 0 Å². The summed E-state index contributed by atoms with van der Waals surface area (Å²) < 4.78 is 18.7. The first-order valence-electron chi connectivity index (χ1n) is 5.30. The van der Waals surface area contributed by atoms with Crippen LogP contribution in [0.2, 0.25) is 0 Å². The van der Waals surface area contributed by atoms with Gasteiger partial charge in [-0.15, -0.1) is 0 Å². The third-order valence-corrected chi connectivity index (χ3v) is 2.82. The Morgan fingerprint density at radius 1 is 1.00 bits per heavy atom. The SMILES string of the molecule is O=C1COc2ccc(F)cc2-c2ccccc21. The number of halogens is 1. The maximum atomic E-state index is 13.3. The van der Waals surface area contributed by atoms with Crippen molar-refractivity contribution < 1.29 is 13.9 Å². The van der Waals surface area contributed by atoms with Crippen LogP contribution in [-0.2, 0) is 0 Å². The number of hydrogen-bond donors (Lipinski definition) is 0. The minimum atomic E-state index is -0.337. The van der Waals surface area contributed by atoms with Crippen LogP contribution in [0, 0.1) is 5.82 Å². The Kier molecular flexibility index (Phi) is 2.18. The minimum absolute atomic E-state index is 0.00432. The highest BCUT2D eigenvalue weighted by molar-refractivity contribution is 6.04. The summed E-state index contributed by atoms with van der Waals surface area (Å²) >= 11 is 0. The second kappa shape index (κ2) is 3.70. The molecule has 0 bridgehead atoms. The fourth-order valence-electron chi connectivity index (χ4n) is 2.02. The molecule has 0 fully saturated rings. The zero-order valence-corrected chi connectivity index (χ0v) is 8.94. The molecule has 0 saturated heterocycles. The molecule has 0 aromatic heterocycles. The van der Waals surface area contributed by atoms with Crippen LogP contribution < -0.4 is 4.74 Å². The number of rotatable bonds is 0. The number of ketones is 1. The molecular formula is C14H9FO2. The summed E-state index contributed by atoms with van der Waals surface area (Å²) in [4.78, 5) is 11.8. The number of carbonyl (C=O) groups is 1. The van der Waals surface area contributed by atoms with E-state index in [1.165, 1.54) is 12.1 Å². The van der Waals surface area contributed by atoms with E-state index in [1.54, 1.807) is 24.3 Å². The predicted octanol–water partition coefficient (Wildman–Crippen LogP) is 3.07. The average Bonchev–Trinajstić information content (AvgIpc) is 2.49. The highest BCUT2D eigenvalue weighted by Gasteiger charge is 2.20. The van der Waals surface area contributed by atoms with E-state index in [-0.39, 0.29) is 18.2 Å². The first kappa shape index (κ1) is 10.0. The third kappa shape index (κ3) is 1.60. The lowest BCUT2D eigenvalue weighted by atomic mass is 9.97. The van der Waals surface area contributed by atoms with Gasteiger partial charge >= 0.3 is 0 Å². The van der Waals surface area contributed by atoms with Gasteiger partial charge in [-0.25, -0.2) is 4.39 Å². The quantitative estimate of drug-likeness (QED) is 0.692. The first-order valence-corrected chi connectivity index (χ1v) is 5.30. The summed E-state index contributed by atoms with van der Waals surface area (Å²) in [6.07, 6.45) is 0. The molecular weight excluding hydrogens is 219 g/mol. The second-order valence-electron chi connectivity index (χ2n) is 3.90. The van der Waals surface area contributed by atoms with Gasteiger partial charge in [-0.1, -0.05) is 24.3 Å². The van der Waals surface area contributed by atoms with E-state index in [0.29, 0.717) is 16.9 Å². The molecule has 0 unspecified atom stereocenters. The van der Waals surface area contributed by atoms with Crippen LogP contribution in [0.4, 0.5) is 4.39 Å². The standard InChI is InChI=1S/C14H9FO2/c15-9-5-6-14-12(7-9)10-3-1-2-4-11(10)13(16)8-17-14/h1-7H,8H2. The lowest BCUT2D eigenvalue weighted by Crippen LogP contribution is -2.09. The number of ether oxygens (including phenoxy) is 1. The summed E-state index contributed by atoms with van der Waals surface area (Å²) in [5, 5.41) is 0. The Morgan fingerprint density at radius 2 is 1.76 bits per heavy atom. The Hall–Kier alpha value is -2.16. The molecule has 3 heteroatoms. The van der Waals surface area contributed by atoms with Gasteiger partial charge < -0.3 is 4.74 Å². The number of benzene rings is 2. The molecule has 0 radical (unpaired) electrons. The molecule has 0 atom stereocenters. The van der Waals surface area contributed by atoms with Crippen LogP contribution in [-0.4, -0.2) is 12.4 Å². The van der Waals surface area contributed by atoms with E-state index in [9.17, 15) is 9.18 Å². The molecule has 2 aromatic carbocycles. The van der Waals surface area contributed by atoms with Crippen molar-refractivity contribution in [2.24, 2.45) is 0 Å². The summed E-state index contributed by atoms with van der Waals surface area (Å²) in [6.45, 7) is -0.00432. The van der Waals surface area contributed by atoms with Crippen LogP contribution in [0.25, 0.3) is 11.1 Å². The maximum absolute atomic E-state index is 13.3. The van der Waals surface area contributed by atoms with Crippen molar-refractivity contribution in [1.29, 1.82) is 0 Å². The highest BCUT2D eigenvalue weighted by atomic mass is 19.1. The van der Waals surface area contributed by atoms with Crippen molar-refractivity contribution >= 4 is 5.78 Å². The molecule has 0 N–H and O–H groups in total. The van der Waals surface area contributed by atoms with E-state index >= 15 is 0 Å². The molecule has 17 heavy (non-hydrogen) atoms. The zero-order valence-electron chi connectivity index (χ0n) is 8.94. The van der Waals surface area contributed by atoms with E-state index < -0.39 is 0 Å². The van der Waals surface area contributed by atoms with Gasteiger partial charge in [0.25, 0.3) is 0 Å². The zero-order chi connectivity index (χ0) is 11.8. The van der Waals surface area contributed by atoms with Crippen LogP contribution in [0.5, 0.6) is 5.75 Å². The topological polar surface area (TPSA) is 26.3 Å². The van der Waals surface area contributed by atoms with Gasteiger partial charge in [0, 0.05) is 11.1 Å². The molecule has 1 aliphatic rings. The molecule has 0 spiro atoms. The summed E-state index contributed by atoms with van der Waals surface area (Å²) in [6, 6.07) is 11.4. The lowest BCUT2D eigenvalue weighted by molar-refractivity contribution is 0.0926. The maximum Gasteiger partial charge on any atom is 0.200 e. The van der Waals surface area contributed by atoms with E-state index in [4.69, 9.17) is 4.74 Å². The summed E-state index contributed by atoms with van der Waals surface area (Å²) in [5.74, 6) is 0.124. The second-order valence-corrected chi connectivity index (χ2v) is 3.90. The van der Waals surface area contributed by atoms with Crippen molar-refractivity contribution in [3.63, 3.8) is 0 Å². The van der Waals surface area contributed by atoms with Crippen LogP contribution in [0.3, 0.4) is 0 Å². The lowest BCUT2D eigenvalue weighted by Gasteiger charge is -2.07. The summed E-state index contributed by atoms with van der Waals surface area (Å²) in [7, 11) is 0. The van der Waals surface area contributed by atoms with Gasteiger partial charge in [-0.05, 0) is 23.8 Å². The van der Waals surface area contributed by atoms with Gasteiger partial charge in [-0.2, -0.15) is 0 Å². The van der Waals surface area contributed by atoms with Gasteiger partial charge in [0.1, 0.15) is 11.6 Å². The van der Waals surface area contributed by atoms with E-state index in [1.807, 2.05) is 6.07 Å². The van der Waals surface area contributed by atoms with Crippen molar-refractivity contribution in [2.45, 2.75) is 0 Å². The van der Waals surface area contributed by atoms with Gasteiger partial charge in [0.2, 0.25) is 5.78 Å². The van der Waals surface area contributed by atoms with E-state index in [0.717, 1.165) is 5.56 Å². The number of hydrogen-bond acceptors (Lipinski definition) is 2. The van der Waals surface area contributed by atoms with Crippen molar-refractivity contribution in [3.8, 4) is 16.9 Å². The molecule has 0 aliphatic carbocycles. The molecule has 3 rings (SSSR count). The Balaban J connectivity index is 2.32. The number of fused-ring (bicyclic) bond motifs is 3. The third-order valence-electron chi connectivity index (χ3n) is 2.82. The highest BCUT2D eigenvalue weighted by Crippen LogP contribution is 2.35. The van der Waals surface area contributed by atoms with Gasteiger partial charge in [0.05, 0.1) is 0 Å². The fourth-order valence-corrected chi connectivity index (χ4v) is 2.02. The first-order chi connectivity index (χ1) is 8.25. The van der Waals surface area contributed by atoms with E-state index in [2.05, 4.69) is 0 Å². The molecule has 1 aliphatic heterocycles. The Morgan fingerprint density at radius 3 is 2.59 bits per heavy atom. The Bertz CT molecular complexity index is 605. The predicted molar refractivity (Wildman–Crippen MR) is 61.7 cm³/mol.